The van der Waals surface area contributed by atoms with Crippen molar-refractivity contribution in [2.24, 2.45) is 16.7 Å². The van der Waals surface area contributed by atoms with E-state index < -0.39 is 11.4 Å². The van der Waals surface area contributed by atoms with Crippen LogP contribution in [-0.2, 0) is 4.79 Å². The number of hydrogen-bond acceptors (Lipinski definition) is 2. The summed E-state index contributed by atoms with van der Waals surface area (Å²) in [5.74, 6) is 0.00352. The van der Waals surface area contributed by atoms with Gasteiger partial charge in [0.1, 0.15) is 0 Å². The number of nitrogens with zero attached hydrogens (tertiary/aromatic N) is 1. The molecule has 0 aromatic rings. The summed E-state index contributed by atoms with van der Waals surface area (Å²) in [7, 11) is 0. The fraction of sp³-hybridized carbons (Fsp3) is 0.917. The van der Waals surface area contributed by atoms with Gasteiger partial charge in [0.2, 0.25) is 0 Å². The van der Waals surface area contributed by atoms with Crippen LogP contribution in [0.4, 0.5) is 0 Å². The van der Waals surface area contributed by atoms with Gasteiger partial charge < -0.3 is 10.0 Å². The number of likely N-dealkylation sites (tertiary alicyclic amines) is 1. The second-order valence-electron chi connectivity index (χ2n) is 6.45. The molecule has 1 rings (SSSR count). The van der Waals surface area contributed by atoms with Gasteiger partial charge in [-0.05, 0) is 25.2 Å². The first-order chi connectivity index (χ1) is 6.63. The largest absolute Gasteiger partial charge is 0.481 e. The topological polar surface area (TPSA) is 40.5 Å². The Labute approximate surface area is 92.5 Å². The highest BCUT2D eigenvalue weighted by Crippen LogP contribution is 2.35. The summed E-state index contributed by atoms with van der Waals surface area (Å²) >= 11 is 0. The van der Waals surface area contributed by atoms with Gasteiger partial charge in [0.05, 0.1) is 5.41 Å². The fourth-order valence-electron chi connectivity index (χ4n) is 1.87. The summed E-state index contributed by atoms with van der Waals surface area (Å²) in [6.07, 6.45) is 0. The van der Waals surface area contributed by atoms with Crippen molar-refractivity contribution in [3.05, 3.63) is 0 Å². The predicted molar refractivity (Wildman–Crippen MR) is 60.8 cm³/mol. The van der Waals surface area contributed by atoms with Crippen molar-refractivity contribution in [1.29, 1.82) is 0 Å². The number of rotatable bonds is 3. The van der Waals surface area contributed by atoms with Crippen LogP contribution in [-0.4, -0.2) is 35.6 Å². The maximum atomic E-state index is 10.9. The first-order valence-electron chi connectivity index (χ1n) is 5.59. The Hall–Kier alpha value is -0.570. The zero-order valence-corrected chi connectivity index (χ0v) is 10.5. The van der Waals surface area contributed by atoms with E-state index in [-0.39, 0.29) is 0 Å². The highest BCUT2D eigenvalue weighted by atomic mass is 16.4. The Kier molecular flexibility index (Phi) is 3.15. The average molecular weight is 213 g/mol. The molecule has 3 heteroatoms. The van der Waals surface area contributed by atoms with Gasteiger partial charge in [0.15, 0.2) is 0 Å². The van der Waals surface area contributed by atoms with Gasteiger partial charge in [-0.25, -0.2) is 0 Å². The molecule has 0 bridgehead atoms. The lowest BCUT2D eigenvalue weighted by Gasteiger charge is -2.48. The molecule has 0 radical (unpaired) electrons. The molecule has 1 fully saturated rings. The highest BCUT2D eigenvalue weighted by molar-refractivity contribution is 5.73. The minimum atomic E-state index is -0.707. The second kappa shape index (κ2) is 3.78. The molecule has 3 nitrogen and oxygen atoms in total. The van der Waals surface area contributed by atoms with Crippen molar-refractivity contribution in [3.8, 4) is 0 Å². The van der Waals surface area contributed by atoms with E-state index in [0.717, 1.165) is 13.1 Å². The third kappa shape index (κ3) is 2.94. The summed E-state index contributed by atoms with van der Waals surface area (Å²) in [5, 5.41) is 9.01. The molecular weight excluding hydrogens is 190 g/mol. The molecule has 0 aromatic heterocycles. The highest BCUT2D eigenvalue weighted by Gasteiger charge is 2.39. The first kappa shape index (κ1) is 12.5. The van der Waals surface area contributed by atoms with Gasteiger partial charge in [-0.2, -0.15) is 0 Å². The van der Waals surface area contributed by atoms with E-state index in [9.17, 15) is 4.79 Å². The van der Waals surface area contributed by atoms with E-state index in [0.29, 0.717) is 17.9 Å². The third-order valence-electron chi connectivity index (χ3n) is 3.38. The van der Waals surface area contributed by atoms with Crippen LogP contribution < -0.4 is 0 Å². The van der Waals surface area contributed by atoms with Crippen molar-refractivity contribution >= 4 is 5.97 Å². The quantitative estimate of drug-likeness (QED) is 0.780. The van der Waals surface area contributed by atoms with Crippen LogP contribution in [0.25, 0.3) is 0 Å². The lowest BCUT2D eigenvalue weighted by Crippen LogP contribution is -2.55. The number of carboxylic acid groups (broad SMARTS) is 1. The molecule has 0 saturated carbocycles. The predicted octanol–water partition coefficient (Wildman–Crippen LogP) is 2.08. The van der Waals surface area contributed by atoms with Gasteiger partial charge in [-0.1, -0.05) is 20.8 Å². The summed E-state index contributed by atoms with van der Waals surface area (Å²) in [4.78, 5) is 13.2. The smallest absolute Gasteiger partial charge is 0.310 e. The normalized spacial score (nSPS) is 20.1. The zero-order valence-electron chi connectivity index (χ0n) is 10.5. The maximum absolute atomic E-state index is 10.9. The molecule has 1 saturated heterocycles. The molecule has 1 aliphatic heterocycles. The Morgan fingerprint density at radius 3 is 2.07 bits per heavy atom. The van der Waals surface area contributed by atoms with Crippen LogP contribution in [0.5, 0.6) is 0 Å². The van der Waals surface area contributed by atoms with Crippen molar-refractivity contribution in [2.75, 3.05) is 19.6 Å². The van der Waals surface area contributed by atoms with E-state index in [4.69, 9.17) is 5.11 Å². The van der Waals surface area contributed by atoms with Crippen molar-refractivity contribution < 1.29 is 9.90 Å². The molecule has 1 heterocycles. The number of carbonyl (C=O) groups is 1. The summed E-state index contributed by atoms with van der Waals surface area (Å²) in [6, 6.07) is 0. The van der Waals surface area contributed by atoms with Gasteiger partial charge in [0.25, 0.3) is 0 Å². The maximum Gasteiger partial charge on any atom is 0.310 e. The van der Waals surface area contributed by atoms with Gasteiger partial charge >= 0.3 is 5.97 Å². The van der Waals surface area contributed by atoms with Crippen LogP contribution in [0.3, 0.4) is 0 Å². The van der Waals surface area contributed by atoms with Crippen LogP contribution in [0.2, 0.25) is 0 Å². The summed E-state index contributed by atoms with van der Waals surface area (Å²) in [6.45, 7) is 13.1. The van der Waals surface area contributed by atoms with Crippen molar-refractivity contribution in [1.82, 2.24) is 4.90 Å². The van der Waals surface area contributed by atoms with Crippen LogP contribution in [0.15, 0.2) is 0 Å². The van der Waals surface area contributed by atoms with E-state index in [2.05, 4.69) is 25.7 Å². The standard InChI is InChI=1S/C12H23NO2/c1-11(2,3)9-6-13(7-9)8-12(4,5)10(14)15/h9H,6-8H2,1-5H3,(H,14,15). The van der Waals surface area contributed by atoms with E-state index >= 15 is 0 Å². The Morgan fingerprint density at radius 2 is 1.73 bits per heavy atom. The molecule has 1 aliphatic rings. The third-order valence-corrected chi connectivity index (χ3v) is 3.38. The molecule has 0 aromatic carbocycles. The number of aliphatic carboxylic acids is 1. The number of hydrogen-bond donors (Lipinski definition) is 1. The van der Waals surface area contributed by atoms with E-state index in [1.165, 1.54) is 0 Å². The van der Waals surface area contributed by atoms with Crippen LogP contribution >= 0.6 is 0 Å². The molecule has 0 aliphatic carbocycles. The molecular formula is C12H23NO2. The van der Waals surface area contributed by atoms with Crippen molar-refractivity contribution in [2.45, 2.75) is 34.6 Å². The zero-order chi connectivity index (χ0) is 11.9. The molecule has 0 unspecified atom stereocenters. The lowest BCUT2D eigenvalue weighted by molar-refractivity contribution is -0.149. The fourth-order valence-corrected chi connectivity index (χ4v) is 1.87. The summed E-state index contributed by atoms with van der Waals surface area (Å²) < 4.78 is 0. The lowest BCUT2D eigenvalue weighted by atomic mass is 9.75. The Bertz CT molecular complexity index is 247. The van der Waals surface area contributed by atoms with Crippen molar-refractivity contribution in [3.63, 3.8) is 0 Å². The molecule has 0 amide bonds. The van der Waals surface area contributed by atoms with Crippen LogP contribution in [0, 0.1) is 16.7 Å². The molecule has 0 spiro atoms. The Morgan fingerprint density at radius 1 is 1.27 bits per heavy atom. The molecule has 15 heavy (non-hydrogen) atoms. The van der Waals surface area contributed by atoms with Gasteiger partial charge in [0, 0.05) is 19.6 Å². The second-order valence-corrected chi connectivity index (χ2v) is 6.45. The molecule has 0 atom stereocenters. The minimum absolute atomic E-state index is 0.351. The van der Waals surface area contributed by atoms with Gasteiger partial charge in [-0.3, -0.25) is 4.79 Å². The van der Waals surface area contributed by atoms with E-state index in [1.54, 1.807) is 13.8 Å². The van der Waals surface area contributed by atoms with Gasteiger partial charge in [-0.15, -0.1) is 0 Å². The minimum Gasteiger partial charge on any atom is -0.481 e. The first-order valence-corrected chi connectivity index (χ1v) is 5.59. The average Bonchev–Trinajstić information content (AvgIpc) is 1.93. The molecule has 1 N–H and O–H groups in total. The Balaban J connectivity index is 2.38. The van der Waals surface area contributed by atoms with E-state index in [1.807, 2.05) is 0 Å². The number of carboxylic acids is 1. The van der Waals surface area contributed by atoms with Crippen LogP contribution in [0.1, 0.15) is 34.6 Å². The SMILES string of the molecule is CC(C)(CN1CC(C(C)(C)C)C1)C(=O)O. The monoisotopic (exact) mass is 213 g/mol. The summed E-state index contributed by atoms with van der Waals surface area (Å²) in [5.41, 5.74) is -0.271. The molecule has 88 valence electrons.